The molecule has 1 unspecified atom stereocenters. The van der Waals surface area contributed by atoms with Crippen molar-refractivity contribution in [1.29, 1.82) is 0 Å². The summed E-state index contributed by atoms with van der Waals surface area (Å²) in [5, 5.41) is 3.32. The van der Waals surface area contributed by atoms with Gasteiger partial charge in [-0.3, -0.25) is 0 Å². The van der Waals surface area contributed by atoms with Gasteiger partial charge in [0.05, 0.1) is 13.2 Å². The van der Waals surface area contributed by atoms with Crippen LogP contribution in [-0.4, -0.2) is 17.3 Å². The van der Waals surface area contributed by atoms with Crippen molar-refractivity contribution in [3.8, 4) is 11.4 Å². The molecule has 0 amide bonds. The molecule has 0 aliphatic rings. The van der Waals surface area contributed by atoms with Gasteiger partial charge in [0.1, 0.15) is 0 Å². The van der Waals surface area contributed by atoms with Crippen LogP contribution in [0, 0.1) is 0 Å². The molecule has 0 aliphatic carbocycles. The Hall–Kier alpha value is -1.93. The van der Waals surface area contributed by atoms with Crippen molar-refractivity contribution in [2.24, 2.45) is 0 Å². The van der Waals surface area contributed by atoms with Gasteiger partial charge in [0.25, 0.3) is 0 Å². The summed E-state index contributed by atoms with van der Waals surface area (Å²) < 4.78 is 41.2. The van der Waals surface area contributed by atoms with Gasteiger partial charge in [0.2, 0.25) is 5.82 Å². The standard InChI is InChI=1S/C12H12F3N3O2/c1-7(17-19-2)8-3-5-9(6-4-8)10-16-11(20-18-10)12(13,14)15/h3-7,17H,1-2H3. The quantitative estimate of drug-likeness (QED) is 0.876. The van der Waals surface area contributed by atoms with E-state index in [4.69, 9.17) is 4.84 Å². The van der Waals surface area contributed by atoms with E-state index in [0.717, 1.165) is 5.56 Å². The molecule has 0 aliphatic heterocycles. The number of aromatic nitrogens is 2. The average Bonchev–Trinajstić information content (AvgIpc) is 2.89. The molecule has 0 bridgehead atoms. The van der Waals surface area contributed by atoms with E-state index in [0.29, 0.717) is 5.56 Å². The Labute approximate surface area is 112 Å². The highest BCUT2D eigenvalue weighted by Crippen LogP contribution is 2.29. The molecular formula is C12H12F3N3O2. The highest BCUT2D eigenvalue weighted by Gasteiger charge is 2.38. The molecule has 0 fully saturated rings. The van der Waals surface area contributed by atoms with Gasteiger partial charge in [0.15, 0.2) is 0 Å². The van der Waals surface area contributed by atoms with Crippen LogP contribution >= 0.6 is 0 Å². The van der Waals surface area contributed by atoms with Crippen LogP contribution in [0.3, 0.4) is 0 Å². The number of nitrogens with one attached hydrogen (secondary N) is 1. The maximum Gasteiger partial charge on any atom is 0.471 e. The van der Waals surface area contributed by atoms with Crippen molar-refractivity contribution in [2.45, 2.75) is 19.1 Å². The number of nitrogens with zero attached hydrogens (tertiary/aromatic N) is 2. The predicted molar refractivity (Wildman–Crippen MR) is 63.3 cm³/mol. The Balaban J connectivity index is 2.20. The third-order valence-corrected chi connectivity index (χ3v) is 2.63. The van der Waals surface area contributed by atoms with E-state index in [1.54, 1.807) is 24.3 Å². The second-order valence-corrected chi connectivity index (χ2v) is 4.09. The number of hydrogen-bond acceptors (Lipinski definition) is 5. The van der Waals surface area contributed by atoms with Crippen LogP contribution in [0.2, 0.25) is 0 Å². The van der Waals surface area contributed by atoms with Gasteiger partial charge < -0.3 is 9.36 Å². The lowest BCUT2D eigenvalue weighted by atomic mass is 10.1. The smallest absolute Gasteiger partial charge is 0.329 e. The summed E-state index contributed by atoms with van der Waals surface area (Å²) in [4.78, 5) is 8.12. The van der Waals surface area contributed by atoms with E-state index in [2.05, 4.69) is 20.1 Å². The Morgan fingerprint density at radius 2 is 1.90 bits per heavy atom. The molecule has 0 saturated carbocycles. The normalized spacial score (nSPS) is 13.4. The van der Waals surface area contributed by atoms with E-state index in [-0.39, 0.29) is 11.9 Å². The summed E-state index contributed by atoms with van der Waals surface area (Å²) in [6, 6.07) is 6.68. The minimum absolute atomic E-state index is 0.0509. The molecule has 0 saturated heterocycles. The molecule has 1 heterocycles. The first kappa shape index (κ1) is 14.5. The number of rotatable bonds is 4. The summed E-state index contributed by atoms with van der Waals surface area (Å²) in [7, 11) is 1.50. The van der Waals surface area contributed by atoms with Crippen LogP contribution in [0.4, 0.5) is 13.2 Å². The molecule has 2 aromatic rings. The van der Waals surface area contributed by atoms with Gasteiger partial charge in [-0.1, -0.05) is 29.4 Å². The minimum atomic E-state index is -4.64. The van der Waals surface area contributed by atoms with Crippen LogP contribution < -0.4 is 5.48 Å². The fraction of sp³-hybridized carbons (Fsp3) is 0.333. The number of alkyl halides is 3. The highest BCUT2D eigenvalue weighted by molar-refractivity contribution is 5.54. The fourth-order valence-electron chi connectivity index (χ4n) is 1.62. The molecule has 108 valence electrons. The lowest BCUT2D eigenvalue weighted by molar-refractivity contribution is -0.159. The number of halogens is 3. The zero-order valence-electron chi connectivity index (χ0n) is 10.7. The Morgan fingerprint density at radius 1 is 1.25 bits per heavy atom. The minimum Gasteiger partial charge on any atom is -0.329 e. The third kappa shape index (κ3) is 3.14. The van der Waals surface area contributed by atoms with Crippen molar-refractivity contribution in [3.05, 3.63) is 35.7 Å². The fourth-order valence-corrected chi connectivity index (χ4v) is 1.62. The summed E-state index contributed by atoms with van der Waals surface area (Å²) in [6.07, 6.45) is -4.64. The molecule has 0 radical (unpaired) electrons. The monoisotopic (exact) mass is 287 g/mol. The van der Waals surface area contributed by atoms with Gasteiger partial charge >= 0.3 is 12.1 Å². The molecular weight excluding hydrogens is 275 g/mol. The van der Waals surface area contributed by atoms with Crippen LogP contribution in [0.5, 0.6) is 0 Å². The highest BCUT2D eigenvalue weighted by atomic mass is 19.4. The lowest BCUT2D eigenvalue weighted by Gasteiger charge is -2.11. The summed E-state index contributed by atoms with van der Waals surface area (Å²) in [5.41, 5.74) is 4.10. The van der Waals surface area contributed by atoms with Crippen LogP contribution in [-0.2, 0) is 11.0 Å². The molecule has 1 atom stereocenters. The first-order valence-corrected chi connectivity index (χ1v) is 5.71. The molecule has 1 aromatic carbocycles. The topological polar surface area (TPSA) is 60.2 Å². The Bertz CT molecular complexity index is 566. The van der Waals surface area contributed by atoms with Crippen molar-refractivity contribution >= 4 is 0 Å². The van der Waals surface area contributed by atoms with Gasteiger partial charge in [0, 0.05) is 5.56 Å². The van der Waals surface area contributed by atoms with E-state index in [9.17, 15) is 13.2 Å². The van der Waals surface area contributed by atoms with E-state index >= 15 is 0 Å². The first-order valence-electron chi connectivity index (χ1n) is 5.71. The molecule has 0 spiro atoms. The van der Waals surface area contributed by atoms with Gasteiger partial charge in [-0.25, -0.2) is 0 Å². The molecule has 2 rings (SSSR count). The van der Waals surface area contributed by atoms with E-state index in [1.165, 1.54) is 7.11 Å². The van der Waals surface area contributed by atoms with E-state index in [1.807, 2.05) is 6.92 Å². The lowest BCUT2D eigenvalue weighted by Crippen LogP contribution is -2.16. The summed E-state index contributed by atoms with van der Waals surface area (Å²) >= 11 is 0. The van der Waals surface area contributed by atoms with Crippen molar-refractivity contribution in [1.82, 2.24) is 15.6 Å². The van der Waals surface area contributed by atoms with Crippen LogP contribution in [0.1, 0.15) is 24.4 Å². The number of hydroxylamine groups is 1. The molecule has 1 N–H and O–H groups in total. The largest absolute Gasteiger partial charge is 0.471 e. The number of hydrogen-bond donors (Lipinski definition) is 1. The Morgan fingerprint density at radius 3 is 2.40 bits per heavy atom. The maximum absolute atomic E-state index is 12.4. The van der Waals surface area contributed by atoms with Crippen LogP contribution in [0.25, 0.3) is 11.4 Å². The summed E-state index contributed by atoms with van der Waals surface area (Å²) in [5.74, 6) is -1.46. The predicted octanol–water partition coefficient (Wildman–Crippen LogP) is 2.97. The van der Waals surface area contributed by atoms with Crippen molar-refractivity contribution < 1.29 is 22.5 Å². The Kier molecular flexibility index (Phi) is 4.05. The summed E-state index contributed by atoms with van der Waals surface area (Å²) in [6.45, 7) is 1.88. The third-order valence-electron chi connectivity index (χ3n) is 2.63. The second kappa shape index (κ2) is 5.59. The molecule has 20 heavy (non-hydrogen) atoms. The molecule has 1 aromatic heterocycles. The zero-order chi connectivity index (χ0) is 14.8. The van der Waals surface area contributed by atoms with Crippen molar-refractivity contribution in [2.75, 3.05) is 7.11 Å². The molecule has 8 heteroatoms. The first-order chi connectivity index (χ1) is 9.41. The second-order valence-electron chi connectivity index (χ2n) is 4.09. The van der Waals surface area contributed by atoms with Crippen molar-refractivity contribution in [3.63, 3.8) is 0 Å². The van der Waals surface area contributed by atoms with Crippen LogP contribution in [0.15, 0.2) is 28.8 Å². The zero-order valence-corrected chi connectivity index (χ0v) is 10.7. The van der Waals surface area contributed by atoms with E-state index < -0.39 is 12.1 Å². The molecule has 5 nitrogen and oxygen atoms in total. The van der Waals surface area contributed by atoms with Gasteiger partial charge in [-0.15, -0.1) is 0 Å². The van der Waals surface area contributed by atoms with Gasteiger partial charge in [-0.05, 0) is 12.5 Å². The number of benzene rings is 1. The SMILES string of the molecule is CONC(C)c1ccc(-c2noc(C(F)(F)F)n2)cc1. The maximum atomic E-state index is 12.4. The average molecular weight is 287 g/mol. The van der Waals surface area contributed by atoms with Gasteiger partial charge in [-0.2, -0.15) is 23.6 Å².